The van der Waals surface area contributed by atoms with Gasteiger partial charge in [-0.25, -0.2) is 0 Å². The molecule has 0 amide bonds. The van der Waals surface area contributed by atoms with Gasteiger partial charge in [0.1, 0.15) is 5.75 Å². The van der Waals surface area contributed by atoms with Gasteiger partial charge in [-0.15, -0.1) is 0 Å². The van der Waals surface area contributed by atoms with Gasteiger partial charge < -0.3 is 5.11 Å². The smallest absolute Gasteiger partial charge is 0.191 e. The van der Waals surface area contributed by atoms with Gasteiger partial charge >= 0.3 is 0 Å². The number of aromatic hydroxyl groups is 1. The SMILES string of the molecule is Cc1c(O)cccc1C(C)CC(Cl)(Cl)Cl. The first-order chi connectivity index (χ1) is 6.81. The Morgan fingerprint density at radius 1 is 1.33 bits per heavy atom. The summed E-state index contributed by atoms with van der Waals surface area (Å²) in [5.74, 6) is 0.383. The van der Waals surface area contributed by atoms with Crippen molar-refractivity contribution < 1.29 is 5.11 Å². The van der Waals surface area contributed by atoms with Crippen molar-refractivity contribution in [3.05, 3.63) is 29.3 Å². The van der Waals surface area contributed by atoms with Gasteiger partial charge in [0.05, 0.1) is 0 Å². The molecular formula is C11H13Cl3O. The summed E-state index contributed by atoms with van der Waals surface area (Å²) in [7, 11) is 0. The first-order valence-electron chi connectivity index (χ1n) is 4.66. The fourth-order valence-corrected chi connectivity index (χ4v) is 2.33. The summed E-state index contributed by atoms with van der Waals surface area (Å²) < 4.78 is -1.25. The minimum atomic E-state index is -1.25. The Bertz CT molecular complexity index is 344. The molecule has 1 aromatic carbocycles. The first-order valence-corrected chi connectivity index (χ1v) is 5.80. The highest BCUT2D eigenvalue weighted by Crippen LogP contribution is 2.38. The molecule has 0 aliphatic rings. The van der Waals surface area contributed by atoms with Crippen molar-refractivity contribution >= 4 is 34.8 Å². The molecule has 1 aromatic rings. The highest BCUT2D eigenvalue weighted by Gasteiger charge is 2.24. The Morgan fingerprint density at radius 2 is 1.93 bits per heavy atom. The van der Waals surface area contributed by atoms with E-state index in [9.17, 15) is 5.11 Å². The molecule has 1 rings (SSSR count). The van der Waals surface area contributed by atoms with Crippen molar-refractivity contribution in [3.8, 4) is 5.75 Å². The Labute approximate surface area is 105 Å². The van der Waals surface area contributed by atoms with Gasteiger partial charge in [0.15, 0.2) is 3.79 Å². The lowest BCUT2D eigenvalue weighted by Crippen LogP contribution is -2.08. The van der Waals surface area contributed by atoms with Crippen LogP contribution in [-0.2, 0) is 0 Å². The van der Waals surface area contributed by atoms with E-state index in [2.05, 4.69) is 0 Å². The topological polar surface area (TPSA) is 20.2 Å². The summed E-state index contributed by atoms with van der Waals surface area (Å²) >= 11 is 17.2. The predicted molar refractivity (Wildman–Crippen MR) is 66.2 cm³/mol. The number of hydrogen-bond donors (Lipinski definition) is 1. The zero-order chi connectivity index (χ0) is 11.6. The average Bonchev–Trinajstić information content (AvgIpc) is 2.06. The van der Waals surface area contributed by atoms with Crippen molar-refractivity contribution in [1.82, 2.24) is 0 Å². The van der Waals surface area contributed by atoms with E-state index in [1.165, 1.54) is 0 Å². The normalized spacial score (nSPS) is 13.9. The summed E-state index contributed by atoms with van der Waals surface area (Å²) in [5, 5.41) is 9.55. The largest absolute Gasteiger partial charge is 0.508 e. The quantitative estimate of drug-likeness (QED) is 0.779. The predicted octanol–water partition coefficient (Wildman–Crippen LogP) is 4.56. The molecule has 0 saturated carbocycles. The van der Waals surface area contributed by atoms with Crippen LogP contribution in [0, 0.1) is 6.92 Å². The van der Waals surface area contributed by atoms with Crippen molar-refractivity contribution in [2.75, 3.05) is 0 Å². The molecule has 1 atom stereocenters. The molecule has 0 fully saturated rings. The highest BCUT2D eigenvalue weighted by molar-refractivity contribution is 6.67. The Morgan fingerprint density at radius 3 is 2.47 bits per heavy atom. The van der Waals surface area contributed by atoms with E-state index >= 15 is 0 Å². The molecule has 4 heteroatoms. The molecule has 15 heavy (non-hydrogen) atoms. The Hall–Kier alpha value is -0.110. The Balaban J connectivity index is 2.92. The average molecular weight is 268 g/mol. The molecule has 0 aliphatic heterocycles. The molecule has 1 nitrogen and oxygen atoms in total. The number of alkyl halides is 3. The van der Waals surface area contributed by atoms with Gasteiger partial charge in [-0.05, 0) is 30.0 Å². The fourth-order valence-electron chi connectivity index (χ4n) is 1.63. The number of halogens is 3. The van der Waals surface area contributed by atoms with Crippen LogP contribution in [0.2, 0.25) is 0 Å². The summed E-state index contributed by atoms with van der Waals surface area (Å²) in [6.45, 7) is 3.84. The third-order valence-electron chi connectivity index (χ3n) is 2.42. The van der Waals surface area contributed by atoms with Gasteiger partial charge in [0, 0.05) is 6.42 Å². The maximum atomic E-state index is 9.55. The minimum Gasteiger partial charge on any atom is -0.508 e. The maximum absolute atomic E-state index is 9.55. The van der Waals surface area contributed by atoms with Crippen LogP contribution in [0.3, 0.4) is 0 Å². The van der Waals surface area contributed by atoms with Gasteiger partial charge in [-0.2, -0.15) is 0 Å². The molecule has 0 aromatic heterocycles. The molecule has 0 spiro atoms. The van der Waals surface area contributed by atoms with E-state index in [4.69, 9.17) is 34.8 Å². The Kier molecular flexibility index (Phi) is 4.16. The fraction of sp³-hybridized carbons (Fsp3) is 0.455. The number of hydrogen-bond acceptors (Lipinski definition) is 1. The molecule has 0 radical (unpaired) electrons. The zero-order valence-electron chi connectivity index (χ0n) is 8.60. The van der Waals surface area contributed by atoms with Crippen LogP contribution in [0.15, 0.2) is 18.2 Å². The lowest BCUT2D eigenvalue weighted by molar-refractivity contribution is 0.469. The van der Waals surface area contributed by atoms with Crippen LogP contribution in [0.5, 0.6) is 5.75 Å². The monoisotopic (exact) mass is 266 g/mol. The van der Waals surface area contributed by atoms with Gasteiger partial charge in [0.2, 0.25) is 0 Å². The summed E-state index contributed by atoms with van der Waals surface area (Å²) in [6, 6.07) is 5.39. The lowest BCUT2D eigenvalue weighted by Gasteiger charge is -2.19. The van der Waals surface area contributed by atoms with Crippen LogP contribution in [0.25, 0.3) is 0 Å². The van der Waals surface area contributed by atoms with Gasteiger partial charge in [-0.3, -0.25) is 0 Å². The van der Waals surface area contributed by atoms with E-state index in [-0.39, 0.29) is 11.7 Å². The molecule has 1 unspecified atom stereocenters. The molecule has 0 saturated heterocycles. The standard InChI is InChI=1S/C11H13Cl3O/c1-7(6-11(12,13)14)9-4-3-5-10(15)8(9)2/h3-5,7,15H,6H2,1-2H3. The second kappa shape index (κ2) is 4.82. The van der Waals surface area contributed by atoms with Crippen molar-refractivity contribution in [1.29, 1.82) is 0 Å². The maximum Gasteiger partial charge on any atom is 0.191 e. The van der Waals surface area contributed by atoms with Crippen molar-refractivity contribution in [2.24, 2.45) is 0 Å². The van der Waals surface area contributed by atoms with Crippen molar-refractivity contribution in [3.63, 3.8) is 0 Å². The first kappa shape index (κ1) is 13.0. The van der Waals surface area contributed by atoms with E-state index < -0.39 is 3.79 Å². The molecule has 1 N–H and O–H groups in total. The van der Waals surface area contributed by atoms with Crippen LogP contribution in [-0.4, -0.2) is 8.90 Å². The van der Waals surface area contributed by atoms with Crippen LogP contribution >= 0.6 is 34.8 Å². The zero-order valence-corrected chi connectivity index (χ0v) is 10.9. The third-order valence-corrected chi connectivity index (χ3v) is 2.88. The number of rotatable bonds is 2. The number of phenols is 1. The van der Waals surface area contributed by atoms with E-state index in [1.54, 1.807) is 12.1 Å². The van der Waals surface area contributed by atoms with Crippen molar-refractivity contribution in [2.45, 2.75) is 30.0 Å². The lowest BCUT2D eigenvalue weighted by atomic mass is 9.94. The van der Waals surface area contributed by atoms with Crippen LogP contribution in [0.1, 0.15) is 30.4 Å². The van der Waals surface area contributed by atoms with Crippen LogP contribution in [0.4, 0.5) is 0 Å². The van der Waals surface area contributed by atoms with E-state index in [0.717, 1.165) is 11.1 Å². The second-order valence-electron chi connectivity index (χ2n) is 3.71. The van der Waals surface area contributed by atoms with Crippen LogP contribution < -0.4 is 0 Å². The number of benzene rings is 1. The van der Waals surface area contributed by atoms with E-state index in [0.29, 0.717) is 6.42 Å². The highest BCUT2D eigenvalue weighted by atomic mass is 35.6. The molecule has 0 heterocycles. The molecule has 0 aliphatic carbocycles. The molecule has 84 valence electrons. The number of phenolic OH excluding ortho intramolecular Hbond substituents is 1. The summed E-state index contributed by atoms with van der Waals surface area (Å²) in [6.07, 6.45) is 0.433. The van der Waals surface area contributed by atoms with Gasteiger partial charge in [-0.1, -0.05) is 53.9 Å². The summed E-state index contributed by atoms with van der Waals surface area (Å²) in [4.78, 5) is 0. The van der Waals surface area contributed by atoms with Gasteiger partial charge in [0.25, 0.3) is 0 Å². The third kappa shape index (κ3) is 3.75. The molecule has 0 bridgehead atoms. The minimum absolute atomic E-state index is 0.101. The summed E-state index contributed by atoms with van der Waals surface area (Å²) in [5.41, 5.74) is 1.86. The van der Waals surface area contributed by atoms with E-state index in [1.807, 2.05) is 19.9 Å². The second-order valence-corrected chi connectivity index (χ2v) is 6.23. The molecular weight excluding hydrogens is 254 g/mol.